The Morgan fingerprint density at radius 1 is 1.17 bits per heavy atom. The summed E-state index contributed by atoms with van der Waals surface area (Å²) < 4.78 is 1.15. The number of aliphatic hydroxyl groups excluding tert-OH is 1. The number of nitrogens with zero attached hydrogens (tertiary/aromatic N) is 2. The van der Waals surface area contributed by atoms with Gasteiger partial charge in [0.1, 0.15) is 6.10 Å². The van der Waals surface area contributed by atoms with Crippen LogP contribution < -0.4 is 16.0 Å². The third kappa shape index (κ3) is 6.00. The standard InChI is InChI=1S/C21H25N5O2S/c1-2-23-21(25-11-10-24-20(28)16-7-5-9-22-13-16)26-14-17(27)19-12-15-6-3-4-8-18(15)29-19/h3-9,12-13,17,27H,2,10-11,14H2,1H3,(H,24,28)(H2,23,25,26). The van der Waals surface area contributed by atoms with Gasteiger partial charge in [-0.25, -0.2) is 0 Å². The number of aliphatic imine (C=N–C) groups is 1. The van der Waals surface area contributed by atoms with Crippen LogP contribution in [-0.2, 0) is 0 Å². The molecule has 0 radical (unpaired) electrons. The van der Waals surface area contributed by atoms with E-state index in [4.69, 9.17) is 0 Å². The van der Waals surface area contributed by atoms with Gasteiger partial charge in [-0.15, -0.1) is 11.3 Å². The fraction of sp³-hybridized carbons (Fsp3) is 0.286. The number of hydrogen-bond acceptors (Lipinski definition) is 5. The summed E-state index contributed by atoms with van der Waals surface area (Å²) in [4.78, 5) is 21.3. The molecule has 0 aliphatic rings. The maximum Gasteiger partial charge on any atom is 0.252 e. The number of nitrogens with one attached hydrogen (secondary N) is 3. The Morgan fingerprint density at radius 3 is 2.76 bits per heavy atom. The van der Waals surface area contributed by atoms with Crippen LogP contribution in [0.4, 0.5) is 0 Å². The van der Waals surface area contributed by atoms with Gasteiger partial charge in [-0.3, -0.25) is 14.8 Å². The predicted molar refractivity (Wildman–Crippen MR) is 117 cm³/mol. The number of hydrogen-bond donors (Lipinski definition) is 4. The van der Waals surface area contributed by atoms with Gasteiger partial charge in [0.15, 0.2) is 5.96 Å². The Bertz CT molecular complexity index is 925. The summed E-state index contributed by atoms with van der Waals surface area (Å²) >= 11 is 1.58. The first-order valence-electron chi connectivity index (χ1n) is 9.54. The quantitative estimate of drug-likeness (QED) is 0.259. The molecule has 2 aromatic heterocycles. The Labute approximate surface area is 173 Å². The van der Waals surface area contributed by atoms with Gasteiger partial charge in [0.25, 0.3) is 5.91 Å². The molecule has 0 fully saturated rings. The van der Waals surface area contributed by atoms with Crippen molar-refractivity contribution < 1.29 is 9.90 Å². The van der Waals surface area contributed by atoms with Gasteiger partial charge in [-0.05, 0) is 36.6 Å². The van der Waals surface area contributed by atoms with Gasteiger partial charge >= 0.3 is 0 Å². The smallest absolute Gasteiger partial charge is 0.252 e. The molecule has 8 heteroatoms. The zero-order valence-corrected chi connectivity index (χ0v) is 17.1. The molecule has 0 spiro atoms. The number of aliphatic hydroxyl groups is 1. The van der Waals surface area contributed by atoms with Crippen molar-refractivity contribution in [2.24, 2.45) is 4.99 Å². The highest BCUT2D eigenvalue weighted by Gasteiger charge is 2.11. The minimum absolute atomic E-state index is 0.165. The Balaban J connectivity index is 1.49. The summed E-state index contributed by atoms with van der Waals surface area (Å²) in [5, 5.41) is 20.8. The van der Waals surface area contributed by atoms with E-state index in [1.807, 2.05) is 37.3 Å². The first-order valence-corrected chi connectivity index (χ1v) is 10.4. The Kier molecular flexibility index (Phi) is 7.54. The zero-order valence-electron chi connectivity index (χ0n) is 16.3. The van der Waals surface area contributed by atoms with Gasteiger partial charge in [-0.1, -0.05) is 18.2 Å². The zero-order chi connectivity index (χ0) is 20.5. The molecule has 7 nitrogen and oxygen atoms in total. The van der Waals surface area contributed by atoms with Gasteiger partial charge in [-0.2, -0.15) is 0 Å². The van der Waals surface area contributed by atoms with E-state index in [0.717, 1.165) is 15.0 Å². The van der Waals surface area contributed by atoms with Crippen molar-refractivity contribution in [3.63, 3.8) is 0 Å². The van der Waals surface area contributed by atoms with E-state index < -0.39 is 6.10 Å². The second-order valence-electron chi connectivity index (χ2n) is 6.35. The van der Waals surface area contributed by atoms with Gasteiger partial charge < -0.3 is 21.1 Å². The van der Waals surface area contributed by atoms with Crippen molar-refractivity contribution in [1.82, 2.24) is 20.9 Å². The second-order valence-corrected chi connectivity index (χ2v) is 7.46. The van der Waals surface area contributed by atoms with Crippen molar-refractivity contribution in [2.75, 3.05) is 26.2 Å². The molecule has 0 aliphatic carbocycles. The maximum atomic E-state index is 12.0. The number of fused-ring (bicyclic) bond motifs is 1. The van der Waals surface area contributed by atoms with Crippen molar-refractivity contribution in [2.45, 2.75) is 13.0 Å². The van der Waals surface area contributed by atoms with Crippen molar-refractivity contribution >= 4 is 33.3 Å². The molecule has 2 heterocycles. The summed E-state index contributed by atoms with van der Waals surface area (Å²) in [7, 11) is 0. The van der Waals surface area contributed by atoms with E-state index >= 15 is 0 Å². The normalized spacial score (nSPS) is 12.6. The van der Waals surface area contributed by atoms with E-state index in [1.54, 1.807) is 29.7 Å². The number of rotatable bonds is 8. The van der Waals surface area contributed by atoms with E-state index in [0.29, 0.717) is 31.2 Å². The average molecular weight is 412 g/mol. The van der Waals surface area contributed by atoms with Crippen LogP contribution in [0.15, 0.2) is 59.9 Å². The highest BCUT2D eigenvalue weighted by molar-refractivity contribution is 7.19. The number of carbonyl (C=O) groups is 1. The largest absolute Gasteiger partial charge is 0.386 e. The lowest BCUT2D eigenvalue weighted by Crippen LogP contribution is -2.41. The highest BCUT2D eigenvalue weighted by atomic mass is 32.1. The molecule has 4 N–H and O–H groups in total. The number of guanidine groups is 1. The van der Waals surface area contributed by atoms with Crippen LogP contribution in [0.2, 0.25) is 0 Å². The average Bonchev–Trinajstić information content (AvgIpc) is 3.19. The summed E-state index contributed by atoms with van der Waals surface area (Å²) in [6, 6.07) is 13.5. The molecule has 3 rings (SSSR count). The minimum atomic E-state index is -0.659. The van der Waals surface area contributed by atoms with Crippen LogP contribution in [0, 0.1) is 0 Å². The predicted octanol–water partition coefficient (Wildman–Crippen LogP) is 2.31. The van der Waals surface area contributed by atoms with Crippen LogP contribution in [-0.4, -0.2) is 48.1 Å². The van der Waals surface area contributed by atoms with Crippen LogP contribution in [0.1, 0.15) is 28.3 Å². The molecular formula is C21H25N5O2S. The number of amides is 1. The molecule has 0 aliphatic heterocycles. The van der Waals surface area contributed by atoms with Crippen LogP contribution in [0.3, 0.4) is 0 Å². The summed E-state index contributed by atoms with van der Waals surface area (Å²) in [5.41, 5.74) is 0.527. The molecule has 0 saturated heterocycles. The van der Waals surface area contributed by atoms with Crippen LogP contribution in [0.5, 0.6) is 0 Å². The lowest BCUT2D eigenvalue weighted by molar-refractivity contribution is 0.0954. The molecule has 1 amide bonds. The first kappa shape index (κ1) is 20.8. The van der Waals surface area contributed by atoms with Crippen molar-refractivity contribution in [3.05, 3.63) is 65.3 Å². The monoisotopic (exact) mass is 411 g/mol. The van der Waals surface area contributed by atoms with E-state index in [1.165, 1.54) is 6.20 Å². The molecule has 152 valence electrons. The molecule has 1 aromatic carbocycles. The molecular weight excluding hydrogens is 386 g/mol. The third-order valence-electron chi connectivity index (χ3n) is 4.17. The topological polar surface area (TPSA) is 98.6 Å². The number of pyridine rings is 1. The fourth-order valence-corrected chi connectivity index (χ4v) is 3.77. The van der Waals surface area contributed by atoms with E-state index in [9.17, 15) is 9.90 Å². The fourth-order valence-electron chi connectivity index (χ4n) is 2.73. The van der Waals surface area contributed by atoms with E-state index in [-0.39, 0.29) is 12.5 Å². The van der Waals surface area contributed by atoms with Gasteiger partial charge in [0, 0.05) is 41.6 Å². The van der Waals surface area contributed by atoms with Crippen LogP contribution >= 0.6 is 11.3 Å². The Morgan fingerprint density at radius 2 is 2.00 bits per heavy atom. The molecule has 0 bridgehead atoms. The SMILES string of the molecule is CCNC(=NCC(O)c1cc2ccccc2s1)NCCNC(=O)c1cccnc1. The minimum Gasteiger partial charge on any atom is -0.386 e. The van der Waals surface area contributed by atoms with Gasteiger partial charge in [0.2, 0.25) is 0 Å². The molecule has 1 atom stereocenters. The summed E-state index contributed by atoms with van der Waals surface area (Å²) in [6.07, 6.45) is 2.50. The maximum absolute atomic E-state index is 12.0. The van der Waals surface area contributed by atoms with Gasteiger partial charge in [0.05, 0.1) is 12.1 Å². The molecule has 29 heavy (non-hydrogen) atoms. The van der Waals surface area contributed by atoms with Crippen LogP contribution in [0.25, 0.3) is 10.1 Å². The lowest BCUT2D eigenvalue weighted by Gasteiger charge is -2.13. The summed E-state index contributed by atoms with van der Waals surface area (Å²) in [5.74, 6) is 0.435. The molecule has 3 aromatic rings. The highest BCUT2D eigenvalue weighted by Crippen LogP contribution is 2.29. The molecule has 0 saturated carbocycles. The third-order valence-corrected chi connectivity index (χ3v) is 5.38. The Hall–Kier alpha value is -2.97. The number of aromatic nitrogens is 1. The number of thiophene rings is 1. The first-order chi connectivity index (χ1) is 14.2. The lowest BCUT2D eigenvalue weighted by atomic mass is 10.2. The number of benzene rings is 1. The van der Waals surface area contributed by atoms with Crippen molar-refractivity contribution in [1.29, 1.82) is 0 Å². The number of carbonyl (C=O) groups excluding carboxylic acids is 1. The summed E-state index contributed by atoms with van der Waals surface area (Å²) in [6.45, 7) is 3.88. The van der Waals surface area contributed by atoms with E-state index in [2.05, 4.69) is 25.9 Å². The second kappa shape index (κ2) is 10.5. The van der Waals surface area contributed by atoms with Crippen molar-refractivity contribution in [3.8, 4) is 0 Å². The molecule has 1 unspecified atom stereocenters.